The van der Waals surface area contributed by atoms with Crippen molar-refractivity contribution < 1.29 is 8.42 Å². The maximum Gasteiger partial charge on any atom is 0.242 e. The van der Waals surface area contributed by atoms with Crippen LogP contribution in [0.2, 0.25) is 0 Å². The van der Waals surface area contributed by atoms with Crippen LogP contribution in [0.1, 0.15) is 40.0 Å². The number of nitrogens with zero attached hydrogens (tertiary/aromatic N) is 2. The van der Waals surface area contributed by atoms with E-state index in [0.717, 1.165) is 12.8 Å². The Hall–Kier alpha value is -1.51. The molecule has 6 nitrogen and oxygen atoms in total. The van der Waals surface area contributed by atoms with Crippen molar-refractivity contribution in [3.05, 3.63) is 24.3 Å². The fourth-order valence-electron chi connectivity index (χ4n) is 4.32. The van der Waals surface area contributed by atoms with Gasteiger partial charge in [0.1, 0.15) is 0 Å². The number of fused-ring (bicyclic) bond motifs is 2. The number of anilines is 1. The lowest BCUT2D eigenvalue weighted by atomic mass is 9.70. The SMILES string of the molecule is CN(C)S(=O)(=O)c1cccc(NC(=S)N/N=C2/C[C@H]3CC[C@]2(C)C3(C)C)c1. The van der Waals surface area contributed by atoms with E-state index in [1.807, 2.05) is 0 Å². The van der Waals surface area contributed by atoms with Gasteiger partial charge >= 0.3 is 0 Å². The highest BCUT2D eigenvalue weighted by Gasteiger charge is 2.59. The Kier molecular flexibility index (Phi) is 5.12. The van der Waals surface area contributed by atoms with Crippen LogP contribution in [0.4, 0.5) is 5.69 Å². The minimum atomic E-state index is -3.49. The summed E-state index contributed by atoms with van der Waals surface area (Å²) in [6, 6.07) is 6.60. The zero-order valence-electron chi connectivity index (χ0n) is 16.5. The Morgan fingerprint density at radius 3 is 2.56 bits per heavy atom. The molecular weight excluding hydrogens is 380 g/mol. The topological polar surface area (TPSA) is 73.8 Å². The van der Waals surface area contributed by atoms with Crippen LogP contribution in [0.25, 0.3) is 0 Å². The van der Waals surface area contributed by atoms with Crippen LogP contribution in [0.3, 0.4) is 0 Å². The quantitative estimate of drug-likeness (QED) is 0.590. The molecule has 0 aromatic heterocycles. The van der Waals surface area contributed by atoms with E-state index >= 15 is 0 Å². The van der Waals surface area contributed by atoms with Gasteiger partial charge in [0.15, 0.2) is 5.11 Å². The summed E-state index contributed by atoms with van der Waals surface area (Å²) in [5.74, 6) is 0.678. The minimum absolute atomic E-state index is 0.111. The molecule has 1 aromatic rings. The Morgan fingerprint density at radius 1 is 1.30 bits per heavy atom. The van der Waals surface area contributed by atoms with E-state index < -0.39 is 10.0 Å². The highest BCUT2D eigenvalue weighted by Crippen LogP contribution is 2.63. The first-order chi connectivity index (χ1) is 12.5. The summed E-state index contributed by atoms with van der Waals surface area (Å²) in [6.07, 6.45) is 3.43. The van der Waals surface area contributed by atoms with Crippen LogP contribution in [0.15, 0.2) is 34.3 Å². The van der Waals surface area contributed by atoms with Crippen molar-refractivity contribution in [3.8, 4) is 0 Å². The van der Waals surface area contributed by atoms with E-state index in [0.29, 0.717) is 16.7 Å². The second-order valence-electron chi connectivity index (χ2n) is 8.43. The number of hydrazone groups is 1. The largest absolute Gasteiger partial charge is 0.331 e. The molecule has 0 heterocycles. The molecule has 2 fully saturated rings. The van der Waals surface area contributed by atoms with Crippen molar-refractivity contribution in [1.29, 1.82) is 0 Å². The first kappa shape index (κ1) is 20.2. The predicted molar refractivity (Wildman–Crippen MR) is 113 cm³/mol. The van der Waals surface area contributed by atoms with Gasteiger partial charge in [-0.05, 0) is 61.0 Å². The van der Waals surface area contributed by atoms with Crippen molar-refractivity contribution in [3.63, 3.8) is 0 Å². The fraction of sp³-hybridized carbons (Fsp3) is 0.579. The molecule has 27 heavy (non-hydrogen) atoms. The fourth-order valence-corrected chi connectivity index (χ4v) is 5.43. The molecule has 0 amide bonds. The van der Waals surface area contributed by atoms with Gasteiger partial charge in [-0.25, -0.2) is 12.7 Å². The lowest BCUT2D eigenvalue weighted by Gasteiger charge is -2.34. The summed E-state index contributed by atoms with van der Waals surface area (Å²) in [7, 11) is -0.467. The van der Waals surface area contributed by atoms with Crippen molar-refractivity contribution in [2.24, 2.45) is 21.8 Å². The van der Waals surface area contributed by atoms with Crippen molar-refractivity contribution >= 4 is 38.8 Å². The Labute approximate surface area is 167 Å². The number of nitrogens with one attached hydrogen (secondary N) is 2. The first-order valence-corrected chi connectivity index (χ1v) is 11.0. The summed E-state index contributed by atoms with van der Waals surface area (Å²) in [6.45, 7) is 6.97. The zero-order chi connectivity index (χ0) is 20.0. The second-order valence-corrected chi connectivity index (χ2v) is 11.0. The van der Waals surface area contributed by atoms with Gasteiger partial charge in [0.2, 0.25) is 10.0 Å². The summed E-state index contributed by atoms with van der Waals surface area (Å²) < 4.78 is 25.7. The molecule has 2 N–H and O–H groups in total. The minimum Gasteiger partial charge on any atom is -0.331 e. The molecule has 0 spiro atoms. The third-order valence-corrected chi connectivity index (χ3v) is 8.68. The number of hydrogen-bond acceptors (Lipinski definition) is 4. The van der Waals surface area contributed by atoms with E-state index in [1.54, 1.807) is 24.3 Å². The van der Waals surface area contributed by atoms with E-state index in [4.69, 9.17) is 12.2 Å². The molecule has 2 atom stereocenters. The number of thiocarbonyl (C=S) groups is 1. The molecule has 0 unspecified atom stereocenters. The van der Waals surface area contributed by atoms with Crippen molar-refractivity contribution in [2.75, 3.05) is 19.4 Å². The van der Waals surface area contributed by atoms with Crippen LogP contribution >= 0.6 is 12.2 Å². The molecule has 1 aromatic carbocycles. The smallest absolute Gasteiger partial charge is 0.242 e. The highest BCUT2D eigenvalue weighted by molar-refractivity contribution is 7.89. The molecule has 2 bridgehead atoms. The average Bonchev–Trinajstić information content (AvgIpc) is 2.93. The molecular formula is C19H28N4O2S2. The molecule has 2 aliphatic rings. The summed E-state index contributed by atoms with van der Waals surface area (Å²) in [4.78, 5) is 0.217. The van der Waals surface area contributed by atoms with Gasteiger partial charge in [-0.2, -0.15) is 5.10 Å². The highest BCUT2D eigenvalue weighted by atomic mass is 32.2. The standard InChI is InChI=1S/C19H28N4O2S2/c1-18(2)13-9-10-19(18,3)16(11-13)21-22-17(26)20-14-7-6-8-15(12-14)27(24,25)23(4)5/h6-8,12-13H,9-11H2,1-5H3,(H2,20,22,26)/b21-16-/t13-,19+/m1/s1. The van der Waals surface area contributed by atoms with Gasteiger partial charge in [0.05, 0.1) is 4.90 Å². The number of sulfonamides is 1. The molecule has 148 valence electrons. The maximum atomic E-state index is 12.3. The molecule has 2 aliphatic carbocycles. The van der Waals surface area contributed by atoms with Gasteiger partial charge < -0.3 is 5.32 Å². The summed E-state index contributed by atoms with van der Waals surface area (Å²) in [5.41, 5.74) is 5.11. The first-order valence-electron chi connectivity index (χ1n) is 9.15. The molecule has 2 saturated carbocycles. The maximum absolute atomic E-state index is 12.3. The van der Waals surface area contributed by atoms with Crippen molar-refractivity contribution in [2.45, 2.75) is 44.9 Å². The lowest BCUT2D eigenvalue weighted by molar-refractivity contribution is 0.193. The third kappa shape index (κ3) is 3.39. The summed E-state index contributed by atoms with van der Waals surface area (Å²) >= 11 is 5.35. The molecule has 3 rings (SSSR count). The van der Waals surface area contributed by atoms with Gasteiger partial charge in [0, 0.05) is 30.9 Å². The van der Waals surface area contributed by atoms with Crippen LogP contribution in [-0.2, 0) is 10.0 Å². The predicted octanol–water partition coefficient (Wildman–Crippen LogP) is 3.43. The normalized spacial score (nSPS) is 27.9. The molecule has 0 saturated heterocycles. The van der Waals surface area contributed by atoms with E-state index in [1.165, 1.54) is 30.5 Å². The summed E-state index contributed by atoms with van der Waals surface area (Å²) in [5, 5.41) is 7.98. The Bertz CT molecular complexity index is 893. The average molecular weight is 409 g/mol. The van der Waals surface area contributed by atoms with Crippen LogP contribution < -0.4 is 10.7 Å². The molecule has 0 aliphatic heterocycles. The molecule has 8 heteroatoms. The van der Waals surface area contributed by atoms with Gasteiger partial charge in [-0.15, -0.1) is 0 Å². The van der Waals surface area contributed by atoms with E-state index in [9.17, 15) is 8.42 Å². The van der Waals surface area contributed by atoms with Crippen LogP contribution in [0, 0.1) is 16.7 Å². The number of rotatable bonds is 4. The monoisotopic (exact) mass is 408 g/mol. The number of hydrogen-bond donors (Lipinski definition) is 2. The Balaban J connectivity index is 1.70. The van der Waals surface area contributed by atoms with Crippen LogP contribution in [-0.4, -0.2) is 37.6 Å². The Morgan fingerprint density at radius 2 is 2.00 bits per heavy atom. The zero-order valence-corrected chi connectivity index (χ0v) is 18.2. The van der Waals surface area contributed by atoms with Gasteiger partial charge in [-0.1, -0.05) is 26.8 Å². The second kappa shape index (κ2) is 6.83. The molecule has 0 radical (unpaired) electrons. The van der Waals surface area contributed by atoms with Crippen molar-refractivity contribution in [1.82, 2.24) is 9.73 Å². The van der Waals surface area contributed by atoms with Gasteiger partial charge in [0.25, 0.3) is 0 Å². The third-order valence-electron chi connectivity index (χ3n) is 6.68. The van der Waals surface area contributed by atoms with E-state index in [-0.39, 0.29) is 15.7 Å². The van der Waals surface area contributed by atoms with Crippen LogP contribution in [0.5, 0.6) is 0 Å². The number of benzene rings is 1. The van der Waals surface area contributed by atoms with Gasteiger partial charge in [-0.3, -0.25) is 5.43 Å². The van der Waals surface area contributed by atoms with E-state index in [2.05, 4.69) is 36.6 Å². The lowest BCUT2D eigenvalue weighted by Crippen LogP contribution is -2.35.